The first-order valence-corrected chi connectivity index (χ1v) is 9.99. The first kappa shape index (κ1) is 17.5. The van der Waals surface area contributed by atoms with E-state index in [0.29, 0.717) is 0 Å². The lowest BCUT2D eigenvalue weighted by atomic mass is 10.00. The molecule has 29 heavy (non-hydrogen) atoms. The van der Waals surface area contributed by atoms with Crippen molar-refractivity contribution < 1.29 is 0 Å². The summed E-state index contributed by atoms with van der Waals surface area (Å²) in [7, 11) is 0. The van der Waals surface area contributed by atoms with Crippen LogP contribution in [0.2, 0.25) is 0 Å². The molecule has 1 saturated heterocycles. The van der Waals surface area contributed by atoms with Gasteiger partial charge in [-0.1, -0.05) is 18.2 Å². The van der Waals surface area contributed by atoms with E-state index in [1.807, 2.05) is 42.9 Å². The highest BCUT2D eigenvalue weighted by Gasteiger charge is 2.19. The molecular weight excluding hydrogens is 358 g/mol. The summed E-state index contributed by atoms with van der Waals surface area (Å²) in [5.41, 5.74) is 5.63. The largest absolute Gasteiger partial charge is 0.368 e. The lowest BCUT2D eigenvalue weighted by Gasteiger charge is -2.36. The van der Waals surface area contributed by atoms with Gasteiger partial charge in [0.05, 0.1) is 5.70 Å². The summed E-state index contributed by atoms with van der Waals surface area (Å²) < 4.78 is 0. The standard InChI is InChI=1S/C24H23N5/c1-2-12-27-23(7-1)29-17-15-28(16-18-29)20-10-8-19(9-11-20)24(21-5-3-13-25-21)22-6-4-14-26-22/h1-14,25H,15-18H2/b24-22+. The van der Waals surface area contributed by atoms with E-state index in [9.17, 15) is 0 Å². The van der Waals surface area contributed by atoms with Crippen LogP contribution in [-0.2, 0) is 0 Å². The molecule has 2 aliphatic heterocycles. The van der Waals surface area contributed by atoms with Gasteiger partial charge in [0, 0.05) is 61.7 Å². The van der Waals surface area contributed by atoms with E-state index < -0.39 is 0 Å². The third-order valence-corrected chi connectivity index (χ3v) is 5.45. The molecule has 1 N–H and O–H groups in total. The molecule has 2 aliphatic rings. The lowest BCUT2D eigenvalue weighted by Crippen LogP contribution is -2.46. The number of pyridine rings is 1. The van der Waals surface area contributed by atoms with Crippen LogP contribution >= 0.6 is 0 Å². The number of allylic oxidation sites excluding steroid dienone is 2. The number of nitrogens with zero attached hydrogens (tertiary/aromatic N) is 4. The molecule has 144 valence electrons. The molecule has 1 fully saturated rings. The Morgan fingerprint density at radius 1 is 0.862 bits per heavy atom. The Hall–Kier alpha value is -3.60. The highest BCUT2D eigenvalue weighted by atomic mass is 15.3. The predicted molar refractivity (Wildman–Crippen MR) is 120 cm³/mol. The van der Waals surface area contributed by atoms with E-state index in [1.54, 1.807) is 0 Å². The van der Waals surface area contributed by atoms with Crippen molar-refractivity contribution >= 4 is 23.3 Å². The quantitative estimate of drug-likeness (QED) is 0.739. The number of hydrogen-bond acceptors (Lipinski definition) is 4. The number of piperazine rings is 1. The van der Waals surface area contributed by atoms with Gasteiger partial charge in [0.2, 0.25) is 0 Å². The SMILES string of the molecule is C1=C/C(=C(/c2ccc(N3CCN(c4ccccn4)CC3)cc2)c2ccc[nH]2)N=C1. The highest BCUT2D eigenvalue weighted by molar-refractivity contribution is 5.88. The van der Waals surface area contributed by atoms with Crippen molar-refractivity contribution in [3.63, 3.8) is 0 Å². The van der Waals surface area contributed by atoms with E-state index in [1.165, 1.54) is 11.3 Å². The number of aliphatic imine (C=N–C) groups is 1. The molecular formula is C24H23N5. The Kier molecular flexibility index (Phi) is 4.70. The average molecular weight is 381 g/mol. The number of benzene rings is 1. The summed E-state index contributed by atoms with van der Waals surface area (Å²) in [5, 5.41) is 0. The summed E-state index contributed by atoms with van der Waals surface area (Å²) in [6.45, 7) is 3.95. The molecule has 2 aromatic heterocycles. The van der Waals surface area contributed by atoms with Crippen LogP contribution in [0, 0.1) is 0 Å². The fourth-order valence-corrected chi connectivity index (χ4v) is 3.95. The van der Waals surface area contributed by atoms with Gasteiger partial charge in [-0.3, -0.25) is 4.99 Å². The van der Waals surface area contributed by atoms with Crippen LogP contribution in [0.4, 0.5) is 11.5 Å². The highest BCUT2D eigenvalue weighted by Crippen LogP contribution is 2.30. The van der Waals surface area contributed by atoms with Crippen molar-refractivity contribution in [1.82, 2.24) is 9.97 Å². The number of aromatic nitrogens is 2. The first-order valence-electron chi connectivity index (χ1n) is 9.99. The Balaban J connectivity index is 1.34. The molecule has 0 unspecified atom stereocenters. The zero-order valence-corrected chi connectivity index (χ0v) is 16.2. The Bertz CT molecular complexity index is 1020. The van der Waals surface area contributed by atoms with Gasteiger partial charge in [0.25, 0.3) is 0 Å². The third-order valence-electron chi connectivity index (χ3n) is 5.45. The molecule has 5 rings (SSSR count). The van der Waals surface area contributed by atoms with Crippen LogP contribution in [0.1, 0.15) is 11.3 Å². The van der Waals surface area contributed by atoms with Crippen LogP contribution in [0.25, 0.3) is 5.57 Å². The van der Waals surface area contributed by atoms with E-state index in [-0.39, 0.29) is 0 Å². The molecule has 0 aliphatic carbocycles. The molecule has 0 spiro atoms. The van der Waals surface area contributed by atoms with Crippen molar-refractivity contribution in [2.75, 3.05) is 36.0 Å². The third kappa shape index (κ3) is 3.59. The van der Waals surface area contributed by atoms with Gasteiger partial charge in [0.1, 0.15) is 5.82 Å². The molecule has 0 amide bonds. The monoisotopic (exact) mass is 381 g/mol. The van der Waals surface area contributed by atoms with E-state index >= 15 is 0 Å². The molecule has 3 aromatic rings. The van der Waals surface area contributed by atoms with Crippen LogP contribution in [0.3, 0.4) is 0 Å². The second-order valence-electron chi connectivity index (χ2n) is 7.19. The van der Waals surface area contributed by atoms with Gasteiger partial charge in [0.15, 0.2) is 0 Å². The van der Waals surface area contributed by atoms with Gasteiger partial charge in [-0.15, -0.1) is 0 Å². The summed E-state index contributed by atoms with van der Waals surface area (Å²) >= 11 is 0. The summed E-state index contributed by atoms with van der Waals surface area (Å²) in [6, 6.07) is 19.0. The normalized spacial score (nSPS) is 17.8. The molecule has 0 radical (unpaired) electrons. The number of hydrogen-bond donors (Lipinski definition) is 1. The molecule has 5 heteroatoms. The lowest BCUT2D eigenvalue weighted by molar-refractivity contribution is 0.647. The number of H-pyrrole nitrogens is 1. The van der Waals surface area contributed by atoms with E-state index in [0.717, 1.165) is 49.0 Å². The maximum Gasteiger partial charge on any atom is 0.128 e. The zero-order valence-electron chi connectivity index (χ0n) is 16.2. The van der Waals surface area contributed by atoms with Crippen molar-refractivity contribution in [2.24, 2.45) is 4.99 Å². The summed E-state index contributed by atoms with van der Waals surface area (Å²) in [6.07, 6.45) is 9.69. The molecule has 4 heterocycles. The van der Waals surface area contributed by atoms with Gasteiger partial charge in [-0.25, -0.2) is 4.98 Å². The maximum absolute atomic E-state index is 4.52. The minimum absolute atomic E-state index is 0.982. The van der Waals surface area contributed by atoms with Gasteiger partial charge in [-0.05, 0) is 54.1 Å². The van der Waals surface area contributed by atoms with Crippen molar-refractivity contribution in [3.05, 3.63) is 96.1 Å². The van der Waals surface area contributed by atoms with Crippen LogP contribution in [-0.4, -0.2) is 42.4 Å². The molecule has 0 bridgehead atoms. The molecule has 5 nitrogen and oxygen atoms in total. The second-order valence-corrected chi connectivity index (χ2v) is 7.19. The van der Waals surface area contributed by atoms with Gasteiger partial charge in [-0.2, -0.15) is 0 Å². The topological polar surface area (TPSA) is 47.5 Å². The van der Waals surface area contributed by atoms with E-state index in [4.69, 9.17) is 0 Å². The number of aromatic amines is 1. The molecule has 1 aromatic carbocycles. The smallest absolute Gasteiger partial charge is 0.128 e. The Labute approximate surface area is 170 Å². The van der Waals surface area contributed by atoms with Crippen LogP contribution < -0.4 is 9.80 Å². The van der Waals surface area contributed by atoms with Crippen molar-refractivity contribution in [2.45, 2.75) is 0 Å². The Morgan fingerprint density at radius 2 is 1.69 bits per heavy atom. The minimum atomic E-state index is 0.982. The van der Waals surface area contributed by atoms with Gasteiger partial charge >= 0.3 is 0 Å². The number of anilines is 2. The summed E-state index contributed by atoms with van der Waals surface area (Å²) in [4.78, 5) is 17.1. The fraction of sp³-hybridized carbons (Fsp3) is 0.167. The fourth-order valence-electron chi connectivity index (χ4n) is 3.95. The molecule has 0 atom stereocenters. The zero-order chi connectivity index (χ0) is 19.5. The maximum atomic E-state index is 4.52. The average Bonchev–Trinajstić information content (AvgIpc) is 3.51. The predicted octanol–water partition coefficient (Wildman–Crippen LogP) is 4.14. The van der Waals surface area contributed by atoms with E-state index in [2.05, 4.69) is 67.2 Å². The first-order chi connectivity index (χ1) is 14.4. The van der Waals surface area contributed by atoms with Crippen molar-refractivity contribution in [1.29, 1.82) is 0 Å². The second kappa shape index (κ2) is 7.80. The number of nitrogens with one attached hydrogen (secondary N) is 1. The van der Waals surface area contributed by atoms with Gasteiger partial charge < -0.3 is 14.8 Å². The van der Waals surface area contributed by atoms with Crippen LogP contribution in [0.15, 0.2) is 89.8 Å². The van der Waals surface area contributed by atoms with Crippen molar-refractivity contribution in [3.8, 4) is 0 Å². The summed E-state index contributed by atoms with van der Waals surface area (Å²) in [5.74, 6) is 1.06. The minimum Gasteiger partial charge on any atom is -0.368 e. The molecule has 0 saturated carbocycles. The number of rotatable bonds is 4. The van der Waals surface area contributed by atoms with Crippen LogP contribution in [0.5, 0.6) is 0 Å². The Morgan fingerprint density at radius 3 is 2.34 bits per heavy atom.